The van der Waals surface area contributed by atoms with E-state index in [0.717, 1.165) is 12.1 Å². The lowest BCUT2D eigenvalue weighted by Crippen LogP contribution is -2.42. The minimum Gasteiger partial charge on any atom is -0.317 e. The molecule has 2 aliphatic carbocycles. The third-order valence-electron chi connectivity index (χ3n) is 5.25. The van der Waals surface area contributed by atoms with Crippen LogP contribution in [0.2, 0.25) is 0 Å². The fourth-order valence-electron chi connectivity index (χ4n) is 4.09. The molecule has 1 heterocycles. The maximum absolute atomic E-state index is 3.93. The van der Waals surface area contributed by atoms with Crippen molar-refractivity contribution in [1.29, 1.82) is 0 Å². The second-order valence-corrected chi connectivity index (χ2v) is 6.26. The lowest BCUT2D eigenvalue weighted by molar-refractivity contribution is 0.373. The van der Waals surface area contributed by atoms with Gasteiger partial charge in [-0.2, -0.15) is 0 Å². The van der Waals surface area contributed by atoms with Gasteiger partial charge in [-0.15, -0.1) is 0 Å². The van der Waals surface area contributed by atoms with Gasteiger partial charge in [-0.25, -0.2) is 0 Å². The largest absolute Gasteiger partial charge is 0.317 e. The molecule has 1 saturated heterocycles. The van der Waals surface area contributed by atoms with Crippen LogP contribution < -0.4 is 10.6 Å². The van der Waals surface area contributed by atoms with Gasteiger partial charge in [0, 0.05) is 17.5 Å². The van der Waals surface area contributed by atoms with Crippen LogP contribution in [0.4, 0.5) is 0 Å². The Bertz CT molecular complexity index is 450. The molecular weight excluding hydrogens is 220 g/mol. The summed E-state index contributed by atoms with van der Waals surface area (Å²) in [5, 5.41) is 7.37. The number of rotatable bonds is 2. The molecule has 0 aromatic heterocycles. The highest BCUT2D eigenvalue weighted by molar-refractivity contribution is 5.46. The summed E-state index contributed by atoms with van der Waals surface area (Å²) in [6, 6.07) is 10.6. The Morgan fingerprint density at radius 3 is 2.89 bits per heavy atom. The quantitative estimate of drug-likeness (QED) is 0.828. The van der Waals surface area contributed by atoms with Crippen LogP contribution in [-0.4, -0.2) is 25.2 Å². The van der Waals surface area contributed by atoms with Crippen LogP contribution in [-0.2, 0) is 11.8 Å². The Morgan fingerprint density at radius 1 is 1.17 bits per heavy atom. The Hall–Kier alpha value is -0.860. The fourth-order valence-corrected chi connectivity index (χ4v) is 4.09. The van der Waals surface area contributed by atoms with Gasteiger partial charge in [0.05, 0.1) is 0 Å². The van der Waals surface area contributed by atoms with E-state index in [1.807, 2.05) is 0 Å². The molecule has 2 heteroatoms. The van der Waals surface area contributed by atoms with E-state index in [2.05, 4.69) is 34.9 Å². The zero-order valence-corrected chi connectivity index (χ0v) is 10.9. The topological polar surface area (TPSA) is 24.1 Å². The maximum Gasteiger partial charge on any atom is 0.0176 e. The zero-order valence-electron chi connectivity index (χ0n) is 10.9. The average molecular weight is 242 g/mol. The van der Waals surface area contributed by atoms with Crippen molar-refractivity contribution < 1.29 is 0 Å². The van der Waals surface area contributed by atoms with E-state index >= 15 is 0 Å². The molecule has 0 bridgehead atoms. The van der Waals surface area contributed by atoms with Crippen molar-refractivity contribution in [1.82, 2.24) is 10.6 Å². The predicted octanol–water partition coefficient (Wildman–Crippen LogP) is 1.98. The summed E-state index contributed by atoms with van der Waals surface area (Å²) < 4.78 is 0. The first kappa shape index (κ1) is 11.0. The van der Waals surface area contributed by atoms with Crippen LogP contribution >= 0.6 is 0 Å². The van der Waals surface area contributed by atoms with Crippen molar-refractivity contribution in [3.8, 4) is 0 Å². The molecule has 1 aromatic carbocycles. The summed E-state index contributed by atoms with van der Waals surface area (Å²) in [4.78, 5) is 0. The smallest absolute Gasteiger partial charge is 0.0176 e. The Labute approximate surface area is 109 Å². The van der Waals surface area contributed by atoms with Crippen molar-refractivity contribution in [2.75, 3.05) is 13.1 Å². The molecule has 4 rings (SSSR count). The van der Waals surface area contributed by atoms with Gasteiger partial charge in [0.1, 0.15) is 0 Å². The molecule has 2 atom stereocenters. The number of hydrogen-bond donors (Lipinski definition) is 2. The lowest BCUT2D eigenvalue weighted by Gasteiger charge is -2.25. The zero-order chi connectivity index (χ0) is 12.0. The van der Waals surface area contributed by atoms with Crippen molar-refractivity contribution in [3.63, 3.8) is 0 Å². The summed E-state index contributed by atoms with van der Waals surface area (Å²) >= 11 is 0. The highest BCUT2D eigenvalue weighted by atomic mass is 15.1. The second kappa shape index (κ2) is 4.07. The van der Waals surface area contributed by atoms with Gasteiger partial charge >= 0.3 is 0 Å². The van der Waals surface area contributed by atoms with Gasteiger partial charge in [0.15, 0.2) is 0 Å². The summed E-state index contributed by atoms with van der Waals surface area (Å²) in [7, 11) is 0. The molecule has 1 saturated carbocycles. The van der Waals surface area contributed by atoms with E-state index in [0.29, 0.717) is 5.41 Å². The lowest BCUT2D eigenvalue weighted by atomic mass is 9.97. The molecule has 18 heavy (non-hydrogen) atoms. The van der Waals surface area contributed by atoms with E-state index < -0.39 is 0 Å². The second-order valence-electron chi connectivity index (χ2n) is 6.26. The number of fused-ring (bicyclic) bond motifs is 2. The van der Waals surface area contributed by atoms with Crippen molar-refractivity contribution in [2.24, 2.45) is 0 Å². The van der Waals surface area contributed by atoms with Crippen molar-refractivity contribution in [2.45, 2.75) is 49.6 Å². The molecule has 2 N–H and O–H groups in total. The van der Waals surface area contributed by atoms with Gasteiger partial charge in [-0.3, -0.25) is 0 Å². The van der Waals surface area contributed by atoms with Crippen LogP contribution in [0.1, 0.15) is 36.8 Å². The number of benzene rings is 1. The van der Waals surface area contributed by atoms with Gasteiger partial charge in [-0.05, 0) is 56.3 Å². The minimum atomic E-state index is 0.515. The van der Waals surface area contributed by atoms with Crippen molar-refractivity contribution in [3.05, 3.63) is 35.4 Å². The standard InChI is InChI=1S/C16H22N2/c1-2-4-14-12(3-1)5-8-16(14)11-15(16)18-13-6-9-17-10-7-13/h1-4,13,15,17-18H,5-11H2/t15-,16-/m1/s1. The molecule has 2 fully saturated rings. The number of piperidine rings is 1. The van der Waals surface area contributed by atoms with Gasteiger partial charge < -0.3 is 10.6 Å². The minimum absolute atomic E-state index is 0.515. The number of hydrogen-bond acceptors (Lipinski definition) is 2. The first-order valence-electron chi connectivity index (χ1n) is 7.44. The Morgan fingerprint density at radius 2 is 2.00 bits per heavy atom. The van der Waals surface area contributed by atoms with Gasteiger partial charge in [0.25, 0.3) is 0 Å². The molecule has 1 aliphatic heterocycles. The molecular formula is C16H22N2. The van der Waals surface area contributed by atoms with E-state index in [9.17, 15) is 0 Å². The summed E-state index contributed by atoms with van der Waals surface area (Å²) in [5.74, 6) is 0. The monoisotopic (exact) mass is 242 g/mol. The molecule has 0 amide bonds. The van der Waals surface area contributed by atoms with Crippen LogP contribution in [0.5, 0.6) is 0 Å². The van der Waals surface area contributed by atoms with Crippen LogP contribution in [0.3, 0.4) is 0 Å². The molecule has 0 radical (unpaired) electrons. The van der Waals surface area contributed by atoms with Gasteiger partial charge in [-0.1, -0.05) is 24.3 Å². The van der Waals surface area contributed by atoms with E-state index in [1.165, 1.54) is 45.2 Å². The van der Waals surface area contributed by atoms with Crippen LogP contribution in [0.25, 0.3) is 0 Å². The molecule has 3 aliphatic rings. The van der Waals surface area contributed by atoms with Crippen molar-refractivity contribution >= 4 is 0 Å². The summed E-state index contributed by atoms with van der Waals surface area (Å²) in [6.07, 6.45) is 6.63. The first-order chi connectivity index (χ1) is 8.88. The highest BCUT2D eigenvalue weighted by Gasteiger charge is 2.58. The fraction of sp³-hybridized carbons (Fsp3) is 0.625. The molecule has 1 spiro atoms. The normalized spacial score (nSPS) is 34.8. The van der Waals surface area contributed by atoms with Crippen LogP contribution in [0, 0.1) is 0 Å². The highest BCUT2D eigenvalue weighted by Crippen LogP contribution is 2.56. The van der Waals surface area contributed by atoms with E-state index in [1.54, 1.807) is 11.1 Å². The molecule has 2 nitrogen and oxygen atoms in total. The molecule has 1 aromatic rings. The predicted molar refractivity (Wildman–Crippen MR) is 73.9 cm³/mol. The number of nitrogens with one attached hydrogen (secondary N) is 2. The van der Waals surface area contributed by atoms with E-state index in [-0.39, 0.29) is 0 Å². The SMILES string of the molecule is c1ccc2c(c1)CC[C@@]21C[C@H]1NC1CCNCC1. The molecule has 0 unspecified atom stereocenters. The average Bonchev–Trinajstić information content (AvgIpc) is 2.98. The third kappa shape index (κ3) is 1.63. The Kier molecular flexibility index (Phi) is 2.49. The third-order valence-corrected chi connectivity index (χ3v) is 5.25. The number of aryl methyl sites for hydroxylation is 1. The van der Waals surface area contributed by atoms with Gasteiger partial charge in [0.2, 0.25) is 0 Å². The first-order valence-corrected chi connectivity index (χ1v) is 7.44. The summed E-state index contributed by atoms with van der Waals surface area (Å²) in [6.45, 7) is 2.38. The van der Waals surface area contributed by atoms with E-state index in [4.69, 9.17) is 0 Å². The Balaban J connectivity index is 1.49. The molecule has 96 valence electrons. The van der Waals surface area contributed by atoms with Crippen LogP contribution in [0.15, 0.2) is 24.3 Å². The maximum atomic E-state index is 3.93. The summed E-state index contributed by atoms with van der Waals surface area (Å²) in [5.41, 5.74) is 3.77.